The number of benzene rings is 1. The third-order valence-corrected chi connectivity index (χ3v) is 3.48. The zero-order chi connectivity index (χ0) is 12.3. The molecule has 2 rings (SSSR count). The minimum atomic E-state index is -0.268. The van der Waals surface area contributed by atoms with Crippen LogP contribution in [-0.4, -0.2) is 23.4 Å². The van der Waals surface area contributed by atoms with E-state index in [1.165, 1.54) is 0 Å². The van der Waals surface area contributed by atoms with Gasteiger partial charge in [0.1, 0.15) is 6.04 Å². The molecule has 0 N–H and O–H groups in total. The minimum Gasteiger partial charge on any atom is -0.323 e. The molecule has 0 bridgehead atoms. The molecular formula is C13H13BrN2O. The van der Waals surface area contributed by atoms with Crippen LogP contribution < -0.4 is 0 Å². The predicted molar refractivity (Wildman–Crippen MR) is 68.4 cm³/mol. The number of rotatable bonds is 1. The van der Waals surface area contributed by atoms with Gasteiger partial charge in [0.15, 0.2) is 0 Å². The maximum Gasteiger partial charge on any atom is 0.254 e. The molecule has 1 heterocycles. The standard InChI is InChI=1S/C13H13BrN2O/c14-11-5-3-4-10(8-11)13(17)16-7-2-1-6-12(16)9-15/h3-5,8,12H,1-2,6-7H2. The molecule has 17 heavy (non-hydrogen) atoms. The van der Waals surface area contributed by atoms with E-state index in [4.69, 9.17) is 5.26 Å². The van der Waals surface area contributed by atoms with Gasteiger partial charge in [-0.15, -0.1) is 0 Å². The summed E-state index contributed by atoms with van der Waals surface area (Å²) < 4.78 is 0.883. The van der Waals surface area contributed by atoms with Crippen molar-refractivity contribution in [2.24, 2.45) is 0 Å². The summed E-state index contributed by atoms with van der Waals surface area (Å²) in [6, 6.07) is 9.25. The number of amides is 1. The second-order valence-electron chi connectivity index (χ2n) is 4.15. The fourth-order valence-electron chi connectivity index (χ4n) is 2.10. The van der Waals surface area contributed by atoms with Gasteiger partial charge in [-0.1, -0.05) is 22.0 Å². The van der Waals surface area contributed by atoms with Crippen LogP contribution >= 0.6 is 15.9 Å². The Hall–Kier alpha value is -1.34. The number of nitrogens with zero attached hydrogens (tertiary/aromatic N) is 2. The Bertz CT molecular complexity index is 467. The number of hydrogen-bond donors (Lipinski definition) is 0. The molecule has 1 unspecified atom stereocenters. The van der Waals surface area contributed by atoms with Crippen molar-refractivity contribution < 1.29 is 4.79 Å². The van der Waals surface area contributed by atoms with Crippen molar-refractivity contribution in [2.75, 3.05) is 6.54 Å². The van der Waals surface area contributed by atoms with Crippen LogP contribution in [-0.2, 0) is 0 Å². The van der Waals surface area contributed by atoms with Crippen molar-refractivity contribution >= 4 is 21.8 Å². The fourth-order valence-corrected chi connectivity index (χ4v) is 2.50. The van der Waals surface area contributed by atoms with Gasteiger partial charge in [0, 0.05) is 16.6 Å². The van der Waals surface area contributed by atoms with Crippen molar-refractivity contribution in [3.63, 3.8) is 0 Å². The van der Waals surface area contributed by atoms with E-state index in [9.17, 15) is 4.79 Å². The first kappa shape index (κ1) is 12.1. The summed E-state index contributed by atoms with van der Waals surface area (Å²) in [5, 5.41) is 9.06. The summed E-state index contributed by atoms with van der Waals surface area (Å²) in [5.41, 5.74) is 0.640. The second-order valence-corrected chi connectivity index (χ2v) is 5.07. The van der Waals surface area contributed by atoms with Crippen LogP contribution in [0.15, 0.2) is 28.7 Å². The number of halogens is 1. The maximum absolute atomic E-state index is 12.3. The van der Waals surface area contributed by atoms with Gasteiger partial charge in [0.25, 0.3) is 5.91 Å². The Labute approximate surface area is 109 Å². The van der Waals surface area contributed by atoms with E-state index >= 15 is 0 Å². The highest BCUT2D eigenvalue weighted by Gasteiger charge is 2.27. The van der Waals surface area contributed by atoms with Gasteiger partial charge in [-0.05, 0) is 37.5 Å². The number of hydrogen-bond acceptors (Lipinski definition) is 2. The van der Waals surface area contributed by atoms with E-state index in [2.05, 4.69) is 22.0 Å². The van der Waals surface area contributed by atoms with E-state index in [0.717, 1.165) is 23.7 Å². The zero-order valence-corrected chi connectivity index (χ0v) is 11.0. The molecule has 1 aliphatic rings. The Balaban J connectivity index is 2.22. The highest BCUT2D eigenvalue weighted by molar-refractivity contribution is 9.10. The molecule has 1 atom stereocenters. The average molecular weight is 293 g/mol. The highest BCUT2D eigenvalue weighted by Crippen LogP contribution is 2.20. The molecule has 0 saturated carbocycles. The molecule has 1 amide bonds. The molecule has 1 fully saturated rings. The molecule has 1 aromatic rings. The third kappa shape index (κ3) is 2.67. The maximum atomic E-state index is 12.3. The lowest BCUT2D eigenvalue weighted by molar-refractivity contribution is 0.0670. The first-order chi connectivity index (χ1) is 8.22. The lowest BCUT2D eigenvalue weighted by Crippen LogP contribution is -2.42. The summed E-state index contributed by atoms with van der Waals surface area (Å²) in [7, 11) is 0. The van der Waals surface area contributed by atoms with E-state index in [-0.39, 0.29) is 11.9 Å². The first-order valence-electron chi connectivity index (χ1n) is 5.68. The highest BCUT2D eigenvalue weighted by atomic mass is 79.9. The van der Waals surface area contributed by atoms with Crippen LogP contribution in [0.1, 0.15) is 29.6 Å². The quantitative estimate of drug-likeness (QED) is 0.799. The SMILES string of the molecule is N#CC1CCCCN1C(=O)c1cccc(Br)c1. The first-order valence-corrected chi connectivity index (χ1v) is 6.48. The molecule has 0 aromatic heterocycles. The molecule has 3 nitrogen and oxygen atoms in total. The molecule has 4 heteroatoms. The van der Waals surface area contributed by atoms with Gasteiger partial charge >= 0.3 is 0 Å². The molecule has 88 valence electrons. The number of carbonyl (C=O) groups is 1. The third-order valence-electron chi connectivity index (χ3n) is 2.98. The molecule has 1 aliphatic heterocycles. The topological polar surface area (TPSA) is 44.1 Å². The summed E-state index contributed by atoms with van der Waals surface area (Å²) >= 11 is 3.35. The van der Waals surface area contributed by atoms with Crippen LogP contribution in [0.2, 0.25) is 0 Å². The van der Waals surface area contributed by atoms with E-state index in [1.54, 1.807) is 17.0 Å². The predicted octanol–water partition coefficient (Wildman–Crippen LogP) is 2.97. The lowest BCUT2D eigenvalue weighted by Gasteiger charge is -2.31. The van der Waals surface area contributed by atoms with Gasteiger partial charge in [-0.2, -0.15) is 5.26 Å². The fraction of sp³-hybridized carbons (Fsp3) is 0.385. The minimum absolute atomic E-state index is 0.0439. The van der Waals surface area contributed by atoms with Gasteiger partial charge in [0.2, 0.25) is 0 Å². The van der Waals surface area contributed by atoms with Crippen LogP contribution in [0.4, 0.5) is 0 Å². The second kappa shape index (κ2) is 5.33. The zero-order valence-electron chi connectivity index (χ0n) is 9.40. The molecule has 0 radical (unpaired) electrons. The molecular weight excluding hydrogens is 280 g/mol. The largest absolute Gasteiger partial charge is 0.323 e. The monoisotopic (exact) mass is 292 g/mol. The van der Waals surface area contributed by atoms with E-state index < -0.39 is 0 Å². The van der Waals surface area contributed by atoms with Gasteiger partial charge < -0.3 is 4.90 Å². The van der Waals surface area contributed by atoms with Crippen LogP contribution in [0, 0.1) is 11.3 Å². The van der Waals surface area contributed by atoms with Crippen LogP contribution in [0.3, 0.4) is 0 Å². The molecule has 0 spiro atoms. The summed E-state index contributed by atoms with van der Waals surface area (Å²) in [4.78, 5) is 14.0. The van der Waals surface area contributed by atoms with Gasteiger partial charge in [-0.3, -0.25) is 4.79 Å². The number of piperidine rings is 1. The summed E-state index contributed by atoms with van der Waals surface area (Å²) in [5.74, 6) is -0.0439. The number of nitriles is 1. The van der Waals surface area contributed by atoms with E-state index in [1.807, 2.05) is 12.1 Å². The van der Waals surface area contributed by atoms with Crippen molar-refractivity contribution in [1.29, 1.82) is 5.26 Å². The van der Waals surface area contributed by atoms with Crippen molar-refractivity contribution in [3.05, 3.63) is 34.3 Å². The van der Waals surface area contributed by atoms with Gasteiger partial charge in [-0.25, -0.2) is 0 Å². The summed E-state index contributed by atoms with van der Waals surface area (Å²) in [6.45, 7) is 0.684. The number of likely N-dealkylation sites (tertiary alicyclic amines) is 1. The van der Waals surface area contributed by atoms with Crippen LogP contribution in [0.5, 0.6) is 0 Å². The Kier molecular flexibility index (Phi) is 3.80. The van der Waals surface area contributed by atoms with Crippen LogP contribution in [0.25, 0.3) is 0 Å². The smallest absolute Gasteiger partial charge is 0.254 e. The Morgan fingerprint density at radius 3 is 3.00 bits per heavy atom. The molecule has 1 saturated heterocycles. The van der Waals surface area contributed by atoms with E-state index in [0.29, 0.717) is 12.1 Å². The summed E-state index contributed by atoms with van der Waals surface area (Å²) in [6.07, 6.45) is 2.80. The molecule has 0 aliphatic carbocycles. The van der Waals surface area contributed by atoms with Gasteiger partial charge in [0.05, 0.1) is 6.07 Å². The number of carbonyl (C=O) groups excluding carboxylic acids is 1. The Morgan fingerprint density at radius 1 is 1.47 bits per heavy atom. The van der Waals surface area contributed by atoms with Crippen molar-refractivity contribution in [2.45, 2.75) is 25.3 Å². The van der Waals surface area contributed by atoms with Crippen molar-refractivity contribution in [1.82, 2.24) is 4.90 Å². The van der Waals surface area contributed by atoms with Crippen molar-refractivity contribution in [3.8, 4) is 6.07 Å². The average Bonchev–Trinajstić information content (AvgIpc) is 2.38. The Morgan fingerprint density at radius 2 is 2.29 bits per heavy atom. The lowest BCUT2D eigenvalue weighted by atomic mass is 10.0. The molecule has 1 aromatic carbocycles. The normalized spacial score (nSPS) is 19.8.